The van der Waals surface area contributed by atoms with Gasteiger partial charge in [0.05, 0.1) is 0 Å². The largest absolute Gasteiger partial charge is 0.338 e. The molecular weight excluding hydrogens is 214 g/mol. The Morgan fingerprint density at radius 3 is 2.76 bits per heavy atom. The molecule has 0 bridgehead atoms. The van der Waals surface area contributed by atoms with Crippen molar-refractivity contribution in [2.75, 3.05) is 18.0 Å². The standard InChI is InChI=1S/C12H19N5/c13-10-1-2-17(6-10)12-14-11(15-16-12)9-4-7-3-8(7)5-9/h7-10H,1-6,13H2,(H,14,15,16). The number of nitrogens with zero attached hydrogens (tertiary/aromatic N) is 3. The molecule has 1 aromatic heterocycles. The fourth-order valence-corrected chi connectivity index (χ4v) is 3.50. The molecule has 2 saturated carbocycles. The number of anilines is 1. The van der Waals surface area contributed by atoms with Crippen LogP contribution < -0.4 is 10.6 Å². The summed E-state index contributed by atoms with van der Waals surface area (Å²) in [4.78, 5) is 6.86. The molecule has 17 heavy (non-hydrogen) atoms. The zero-order chi connectivity index (χ0) is 11.4. The molecule has 0 amide bonds. The fraction of sp³-hybridized carbons (Fsp3) is 0.833. The Kier molecular flexibility index (Phi) is 2.00. The van der Waals surface area contributed by atoms with E-state index >= 15 is 0 Å². The van der Waals surface area contributed by atoms with Crippen molar-refractivity contribution < 1.29 is 0 Å². The van der Waals surface area contributed by atoms with Gasteiger partial charge in [0.1, 0.15) is 5.82 Å². The van der Waals surface area contributed by atoms with Crippen molar-refractivity contribution in [3.63, 3.8) is 0 Å². The first-order valence-corrected chi connectivity index (χ1v) is 6.72. The van der Waals surface area contributed by atoms with Crippen LogP contribution in [0.4, 0.5) is 5.95 Å². The first kappa shape index (κ1) is 9.88. The highest BCUT2D eigenvalue weighted by Crippen LogP contribution is 2.56. The van der Waals surface area contributed by atoms with Crippen LogP contribution in [0, 0.1) is 11.8 Å². The summed E-state index contributed by atoms with van der Waals surface area (Å²) in [6.45, 7) is 1.89. The van der Waals surface area contributed by atoms with Crippen LogP contribution in [-0.2, 0) is 0 Å². The van der Waals surface area contributed by atoms with Crippen molar-refractivity contribution in [3.05, 3.63) is 5.82 Å². The van der Waals surface area contributed by atoms with Gasteiger partial charge >= 0.3 is 0 Å². The summed E-state index contributed by atoms with van der Waals surface area (Å²) in [6, 6.07) is 0.288. The maximum Gasteiger partial charge on any atom is 0.244 e. The Labute approximate surface area is 101 Å². The molecule has 1 saturated heterocycles. The molecule has 5 heteroatoms. The first-order valence-electron chi connectivity index (χ1n) is 6.72. The maximum absolute atomic E-state index is 5.91. The Balaban J connectivity index is 1.49. The van der Waals surface area contributed by atoms with E-state index in [1.54, 1.807) is 0 Å². The average molecular weight is 233 g/mol. The summed E-state index contributed by atoms with van der Waals surface area (Å²) < 4.78 is 0. The number of hydrogen-bond acceptors (Lipinski definition) is 4. The highest BCUT2D eigenvalue weighted by atomic mass is 15.4. The molecule has 3 aliphatic rings. The number of fused-ring (bicyclic) bond motifs is 1. The van der Waals surface area contributed by atoms with Crippen LogP contribution in [-0.4, -0.2) is 34.3 Å². The summed E-state index contributed by atoms with van der Waals surface area (Å²) in [5.74, 6) is 4.58. The third-order valence-corrected chi connectivity index (χ3v) is 4.63. The lowest BCUT2D eigenvalue weighted by Gasteiger charge is -2.12. The van der Waals surface area contributed by atoms with Gasteiger partial charge in [-0.1, -0.05) is 0 Å². The van der Waals surface area contributed by atoms with Gasteiger partial charge in [-0.15, -0.1) is 5.10 Å². The second-order valence-electron chi connectivity index (χ2n) is 5.94. The molecule has 3 unspecified atom stereocenters. The molecule has 0 aromatic carbocycles. The van der Waals surface area contributed by atoms with Gasteiger partial charge in [-0.25, -0.2) is 0 Å². The summed E-state index contributed by atoms with van der Waals surface area (Å²) in [6.07, 6.45) is 5.15. The SMILES string of the molecule is NC1CCN(c2n[nH]c(C3CC4CC4C3)n2)C1. The molecular formula is C12H19N5. The highest BCUT2D eigenvalue weighted by Gasteiger charge is 2.47. The molecule has 92 valence electrons. The van der Waals surface area contributed by atoms with E-state index in [0.717, 1.165) is 43.1 Å². The summed E-state index contributed by atoms with van der Waals surface area (Å²) in [5, 5.41) is 7.49. The smallest absolute Gasteiger partial charge is 0.244 e. The lowest BCUT2D eigenvalue weighted by Crippen LogP contribution is -2.27. The van der Waals surface area contributed by atoms with Crippen LogP contribution >= 0.6 is 0 Å². The predicted molar refractivity (Wildman–Crippen MR) is 64.8 cm³/mol. The van der Waals surface area contributed by atoms with Crippen LogP contribution in [0.25, 0.3) is 0 Å². The summed E-state index contributed by atoms with van der Waals surface area (Å²) >= 11 is 0. The highest BCUT2D eigenvalue weighted by molar-refractivity contribution is 5.32. The minimum atomic E-state index is 0.288. The number of aromatic amines is 1. The zero-order valence-corrected chi connectivity index (χ0v) is 9.97. The number of rotatable bonds is 2. The molecule has 0 radical (unpaired) electrons. The second-order valence-corrected chi connectivity index (χ2v) is 5.94. The molecule has 1 aromatic rings. The van der Waals surface area contributed by atoms with E-state index in [1.165, 1.54) is 19.3 Å². The Morgan fingerprint density at radius 1 is 1.24 bits per heavy atom. The topological polar surface area (TPSA) is 70.8 Å². The molecule has 0 spiro atoms. The van der Waals surface area contributed by atoms with Gasteiger partial charge in [-0.05, 0) is 37.5 Å². The van der Waals surface area contributed by atoms with E-state index in [9.17, 15) is 0 Å². The second kappa shape index (κ2) is 3.45. The average Bonchev–Trinajstić information content (AvgIpc) is 2.83. The molecule has 2 aliphatic carbocycles. The number of hydrogen-bond donors (Lipinski definition) is 2. The number of nitrogens with two attached hydrogens (primary N) is 1. The van der Waals surface area contributed by atoms with Crippen molar-refractivity contribution in [3.8, 4) is 0 Å². The molecule has 3 N–H and O–H groups in total. The number of aromatic nitrogens is 3. The van der Waals surface area contributed by atoms with E-state index in [0.29, 0.717) is 5.92 Å². The molecule has 3 atom stereocenters. The Morgan fingerprint density at radius 2 is 2.06 bits per heavy atom. The molecule has 2 heterocycles. The Hall–Kier alpha value is -1.10. The van der Waals surface area contributed by atoms with Crippen LogP contribution in [0.5, 0.6) is 0 Å². The van der Waals surface area contributed by atoms with E-state index in [2.05, 4.69) is 20.1 Å². The van der Waals surface area contributed by atoms with E-state index in [-0.39, 0.29) is 6.04 Å². The molecule has 1 aliphatic heterocycles. The van der Waals surface area contributed by atoms with Crippen molar-refractivity contribution in [1.82, 2.24) is 15.2 Å². The van der Waals surface area contributed by atoms with E-state index in [4.69, 9.17) is 5.73 Å². The maximum atomic E-state index is 5.91. The van der Waals surface area contributed by atoms with Gasteiger partial charge in [0.15, 0.2) is 0 Å². The van der Waals surface area contributed by atoms with Crippen LogP contribution in [0.3, 0.4) is 0 Å². The predicted octanol–water partition coefficient (Wildman–Crippen LogP) is 0.856. The monoisotopic (exact) mass is 233 g/mol. The Bertz CT molecular complexity index is 396. The third kappa shape index (κ3) is 1.64. The van der Waals surface area contributed by atoms with Gasteiger partial charge in [-0.2, -0.15) is 4.98 Å². The third-order valence-electron chi connectivity index (χ3n) is 4.63. The van der Waals surface area contributed by atoms with Crippen LogP contribution in [0.15, 0.2) is 0 Å². The fourth-order valence-electron chi connectivity index (χ4n) is 3.50. The minimum Gasteiger partial charge on any atom is -0.338 e. The summed E-state index contributed by atoms with van der Waals surface area (Å²) in [7, 11) is 0. The van der Waals surface area contributed by atoms with E-state index in [1.807, 2.05) is 0 Å². The van der Waals surface area contributed by atoms with Gasteiger partial charge in [0, 0.05) is 25.0 Å². The van der Waals surface area contributed by atoms with Crippen molar-refractivity contribution in [2.45, 2.75) is 37.6 Å². The summed E-state index contributed by atoms with van der Waals surface area (Å²) in [5.41, 5.74) is 5.91. The van der Waals surface area contributed by atoms with Gasteiger partial charge in [0.25, 0.3) is 0 Å². The van der Waals surface area contributed by atoms with Gasteiger partial charge < -0.3 is 10.6 Å². The number of nitrogens with one attached hydrogen (secondary N) is 1. The molecule has 5 nitrogen and oxygen atoms in total. The zero-order valence-electron chi connectivity index (χ0n) is 9.97. The minimum absolute atomic E-state index is 0.288. The normalized spacial score (nSPS) is 39.7. The lowest BCUT2D eigenvalue weighted by atomic mass is 10.0. The number of H-pyrrole nitrogens is 1. The van der Waals surface area contributed by atoms with Crippen LogP contribution in [0.2, 0.25) is 0 Å². The van der Waals surface area contributed by atoms with E-state index < -0.39 is 0 Å². The van der Waals surface area contributed by atoms with Crippen LogP contribution in [0.1, 0.15) is 37.4 Å². The van der Waals surface area contributed by atoms with Crippen molar-refractivity contribution >= 4 is 5.95 Å². The quantitative estimate of drug-likeness (QED) is 0.794. The molecule has 4 rings (SSSR count). The van der Waals surface area contributed by atoms with Gasteiger partial charge in [0.2, 0.25) is 5.95 Å². The lowest BCUT2D eigenvalue weighted by molar-refractivity contribution is 0.592. The molecule has 3 fully saturated rings. The first-order chi connectivity index (χ1) is 8.29. The van der Waals surface area contributed by atoms with Crippen molar-refractivity contribution in [2.24, 2.45) is 17.6 Å². The van der Waals surface area contributed by atoms with Gasteiger partial charge in [-0.3, -0.25) is 5.10 Å². The van der Waals surface area contributed by atoms with Crippen molar-refractivity contribution in [1.29, 1.82) is 0 Å².